The van der Waals surface area contributed by atoms with E-state index in [0.717, 1.165) is 33.9 Å². The Bertz CT molecular complexity index is 1710. The Hall–Kier alpha value is -4.38. The van der Waals surface area contributed by atoms with Crippen LogP contribution in [0.5, 0.6) is 0 Å². The second kappa shape index (κ2) is 10.3. The van der Waals surface area contributed by atoms with Gasteiger partial charge in [0.05, 0.1) is 11.9 Å². The van der Waals surface area contributed by atoms with Crippen molar-refractivity contribution >= 4 is 44.1 Å². The number of nitrogen functional groups attached to an aromatic ring is 1. The van der Waals surface area contributed by atoms with Gasteiger partial charge in [0, 0.05) is 29.7 Å². The molecule has 3 heterocycles. The molecule has 0 spiro atoms. The number of fused-ring (bicyclic) bond motifs is 3. The number of hydrogen-bond donors (Lipinski definition) is 3. The Morgan fingerprint density at radius 2 is 1.68 bits per heavy atom. The van der Waals surface area contributed by atoms with Crippen LogP contribution in [0.1, 0.15) is 41.7 Å². The lowest BCUT2D eigenvalue weighted by Gasteiger charge is -2.15. The normalized spacial score (nSPS) is 11.0. The quantitative estimate of drug-likeness (QED) is 0.233. The number of nitrogens with two attached hydrogens (primary N) is 1. The molecule has 0 aliphatic heterocycles. The molecule has 5 heteroatoms. The van der Waals surface area contributed by atoms with Gasteiger partial charge in [0.1, 0.15) is 11.5 Å². The molecule has 37 heavy (non-hydrogen) atoms. The Labute approximate surface area is 217 Å². The van der Waals surface area contributed by atoms with Crippen LogP contribution < -0.4 is 11.1 Å². The van der Waals surface area contributed by atoms with E-state index in [9.17, 15) is 0 Å². The number of rotatable bonds is 5. The molecule has 3 aromatic heterocycles. The lowest BCUT2D eigenvalue weighted by Crippen LogP contribution is -2.05. The molecule has 0 unspecified atom stereocenters. The highest BCUT2D eigenvalue weighted by Crippen LogP contribution is 2.29. The first-order valence-corrected chi connectivity index (χ1v) is 12.9. The zero-order chi connectivity index (χ0) is 25.9. The highest BCUT2D eigenvalue weighted by atomic mass is 14.9. The largest absolute Gasteiger partial charge is 0.383 e. The van der Waals surface area contributed by atoms with Gasteiger partial charge in [0.2, 0.25) is 0 Å². The molecule has 3 aromatic carbocycles. The summed E-state index contributed by atoms with van der Waals surface area (Å²) in [5.41, 5.74) is 14.3. The Kier molecular flexibility index (Phi) is 6.78. The standard InChI is InChI=1S/C30H27N5.C2H6/c1-18-11-27-25(9-10-32-29(27)31)19(2)28(18)17-33-24-14-26-23(15-34-30(26)35-16-24)13-20-7-8-21-5-3-4-6-22(21)12-20;1-2/h3-12,14-16,33H,13,17H2,1-2H3,(H2,31,32)(H,34,35);1-2H3. The summed E-state index contributed by atoms with van der Waals surface area (Å²) in [7, 11) is 0. The van der Waals surface area contributed by atoms with Crippen LogP contribution in [0.25, 0.3) is 32.6 Å². The van der Waals surface area contributed by atoms with E-state index in [4.69, 9.17) is 5.73 Å². The summed E-state index contributed by atoms with van der Waals surface area (Å²) < 4.78 is 0. The average molecular weight is 488 g/mol. The van der Waals surface area contributed by atoms with Crippen LogP contribution in [0.15, 0.2) is 79.3 Å². The molecule has 6 rings (SSSR count). The minimum atomic E-state index is 0.578. The molecule has 0 aliphatic rings. The maximum Gasteiger partial charge on any atom is 0.137 e. The molecule has 0 radical (unpaired) electrons. The Morgan fingerprint density at radius 1 is 0.865 bits per heavy atom. The SMILES string of the molecule is CC.Cc1cc2c(N)nccc2c(C)c1CNc1cnc2[nH]cc(Cc3ccc4ccccc4c3)c2c1. The van der Waals surface area contributed by atoms with Crippen molar-refractivity contribution < 1.29 is 0 Å². The Morgan fingerprint density at radius 3 is 2.51 bits per heavy atom. The first kappa shape index (κ1) is 24.3. The van der Waals surface area contributed by atoms with Crippen molar-refractivity contribution in [2.45, 2.75) is 40.7 Å². The number of aromatic nitrogens is 3. The van der Waals surface area contributed by atoms with Gasteiger partial charge in [-0.3, -0.25) is 0 Å². The van der Waals surface area contributed by atoms with Gasteiger partial charge in [0.15, 0.2) is 0 Å². The fourth-order valence-corrected chi connectivity index (χ4v) is 5.06. The van der Waals surface area contributed by atoms with Crippen LogP contribution in [-0.4, -0.2) is 15.0 Å². The van der Waals surface area contributed by atoms with Crippen LogP contribution in [0.3, 0.4) is 0 Å². The lowest BCUT2D eigenvalue weighted by atomic mass is 9.96. The summed E-state index contributed by atoms with van der Waals surface area (Å²) in [4.78, 5) is 12.2. The van der Waals surface area contributed by atoms with E-state index in [1.165, 1.54) is 38.6 Å². The van der Waals surface area contributed by atoms with Gasteiger partial charge in [-0.25, -0.2) is 9.97 Å². The van der Waals surface area contributed by atoms with Gasteiger partial charge < -0.3 is 16.0 Å². The molecule has 0 amide bonds. The highest BCUT2D eigenvalue weighted by Gasteiger charge is 2.12. The number of nitrogens with one attached hydrogen (secondary N) is 2. The van der Waals surface area contributed by atoms with Gasteiger partial charge in [-0.2, -0.15) is 0 Å². The molecular formula is C32H33N5. The second-order valence-electron chi connectivity index (χ2n) is 9.23. The zero-order valence-electron chi connectivity index (χ0n) is 21.9. The van der Waals surface area contributed by atoms with E-state index in [2.05, 4.69) is 94.9 Å². The molecule has 0 aliphatic carbocycles. The molecule has 0 saturated carbocycles. The fraction of sp³-hybridized carbons (Fsp3) is 0.188. The van der Waals surface area contributed by atoms with Gasteiger partial charge in [-0.15, -0.1) is 0 Å². The predicted octanol–water partition coefficient (Wildman–Crippen LogP) is 7.69. The minimum absolute atomic E-state index is 0.578. The monoisotopic (exact) mass is 487 g/mol. The average Bonchev–Trinajstić information content (AvgIpc) is 3.32. The lowest BCUT2D eigenvalue weighted by molar-refractivity contribution is 1.09. The number of aromatic amines is 1. The third kappa shape index (κ3) is 4.73. The first-order chi connectivity index (χ1) is 18.1. The molecule has 0 atom stereocenters. The number of hydrogen-bond acceptors (Lipinski definition) is 4. The maximum absolute atomic E-state index is 6.11. The summed E-state index contributed by atoms with van der Waals surface area (Å²) in [6.45, 7) is 9.00. The number of pyridine rings is 2. The van der Waals surface area contributed by atoms with E-state index in [0.29, 0.717) is 12.4 Å². The van der Waals surface area contributed by atoms with Gasteiger partial charge in [-0.1, -0.05) is 56.3 Å². The second-order valence-corrected chi connectivity index (χ2v) is 9.23. The maximum atomic E-state index is 6.11. The predicted molar refractivity (Wildman–Crippen MR) is 157 cm³/mol. The van der Waals surface area contributed by atoms with E-state index >= 15 is 0 Å². The van der Waals surface area contributed by atoms with Crippen LogP contribution in [0.2, 0.25) is 0 Å². The van der Waals surface area contributed by atoms with Crippen molar-refractivity contribution in [1.82, 2.24) is 15.0 Å². The summed E-state index contributed by atoms with van der Waals surface area (Å²) >= 11 is 0. The van der Waals surface area contributed by atoms with Crippen LogP contribution >= 0.6 is 0 Å². The topological polar surface area (TPSA) is 79.6 Å². The van der Waals surface area contributed by atoms with Crippen molar-refractivity contribution in [2.24, 2.45) is 0 Å². The third-order valence-electron chi connectivity index (χ3n) is 7.01. The van der Waals surface area contributed by atoms with E-state index in [-0.39, 0.29) is 0 Å². The molecule has 6 aromatic rings. The van der Waals surface area contributed by atoms with Gasteiger partial charge >= 0.3 is 0 Å². The zero-order valence-corrected chi connectivity index (χ0v) is 21.9. The van der Waals surface area contributed by atoms with Gasteiger partial charge in [-0.05, 0) is 82.4 Å². The number of nitrogens with zero attached hydrogens (tertiary/aromatic N) is 2. The Balaban J connectivity index is 0.00000137. The van der Waals surface area contributed by atoms with Gasteiger partial charge in [0.25, 0.3) is 0 Å². The molecule has 4 N–H and O–H groups in total. The smallest absolute Gasteiger partial charge is 0.137 e. The summed E-state index contributed by atoms with van der Waals surface area (Å²) in [6.07, 6.45) is 6.60. The number of H-pyrrole nitrogens is 1. The van der Waals surface area contributed by atoms with E-state index < -0.39 is 0 Å². The summed E-state index contributed by atoms with van der Waals surface area (Å²) in [6, 6.07) is 21.5. The van der Waals surface area contributed by atoms with E-state index in [1.807, 2.05) is 26.1 Å². The van der Waals surface area contributed by atoms with Crippen molar-refractivity contribution in [3.8, 4) is 0 Å². The number of aryl methyl sites for hydroxylation is 2. The molecule has 0 bridgehead atoms. The molecule has 186 valence electrons. The number of anilines is 2. The van der Waals surface area contributed by atoms with Crippen LogP contribution in [0, 0.1) is 13.8 Å². The van der Waals surface area contributed by atoms with E-state index in [1.54, 1.807) is 6.20 Å². The number of benzene rings is 3. The van der Waals surface area contributed by atoms with Crippen molar-refractivity contribution in [1.29, 1.82) is 0 Å². The van der Waals surface area contributed by atoms with Crippen LogP contribution in [0.4, 0.5) is 11.5 Å². The van der Waals surface area contributed by atoms with Crippen molar-refractivity contribution in [2.75, 3.05) is 11.1 Å². The highest BCUT2D eigenvalue weighted by molar-refractivity contribution is 5.94. The summed E-state index contributed by atoms with van der Waals surface area (Å²) in [5, 5.41) is 9.44. The molecule has 0 fully saturated rings. The minimum Gasteiger partial charge on any atom is -0.383 e. The van der Waals surface area contributed by atoms with Crippen molar-refractivity contribution in [3.05, 3.63) is 107 Å². The van der Waals surface area contributed by atoms with Crippen LogP contribution in [-0.2, 0) is 13.0 Å². The summed E-state index contributed by atoms with van der Waals surface area (Å²) in [5.74, 6) is 0.578. The van der Waals surface area contributed by atoms with Crippen molar-refractivity contribution in [3.63, 3.8) is 0 Å². The molecule has 0 saturated heterocycles. The molecular weight excluding hydrogens is 454 g/mol. The first-order valence-electron chi connectivity index (χ1n) is 12.9. The third-order valence-corrected chi connectivity index (χ3v) is 7.01. The fourth-order valence-electron chi connectivity index (χ4n) is 5.06. The molecule has 5 nitrogen and oxygen atoms in total.